The number of carbonyl (C=O) groups excluding carboxylic acids is 1. The number of aryl methyl sites for hydroxylation is 1. The summed E-state index contributed by atoms with van der Waals surface area (Å²) >= 11 is 6.14. The minimum atomic E-state index is -4.72. The molecule has 1 fully saturated rings. The SMILES string of the molecule is CCc1nc2ccc(Cl)cn2c1C(=O)N1CCCC(OCc2ccc(OC(F)(F)F)cc2)C1. The van der Waals surface area contributed by atoms with Gasteiger partial charge in [-0.1, -0.05) is 30.7 Å². The molecular weight excluding hydrogens is 459 g/mol. The highest BCUT2D eigenvalue weighted by Crippen LogP contribution is 2.24. The standard InChI is InChI=1S/C23H23ClF3N3O3/c1-2-19-21(30-12-16(24)7-10-20(30)28-19)22(31)29-11-3-4-18(13-29)32-14-15-5-8-17(9-6-15)33-23(25,26)27/h5-10,12,18H,2-4,11,13-14H2,1H3. The number of benzene rings is 1. The van der Waals surface area contributed by atoms with E-state index in [1.54, 1.807) is 27.6 Å². The Hall–Kier alpha value is -2.78. The van der Waals surface area contributed by atoms with Crippen molar-refractivity contribution < 1.29 is 27.4 Å². The van der Waals surface area contributed by atoms with Gasteiger partial charge in [-0.15, -0.1) is 13.2 Å². The fraction of sp³-hybridized carbons (Fsp3) is 0.391. The van der Waals surface area contributed by atoms with Crippen molar-refractivity contribution in [3.05, 3.63) is 64.6 Å². The number of pyridine rings is 1. The number of alkyl halides is 3. The number of fused-ring (bicyclic) bond motifs is 1. The molecule has 6 nitrogen and oxygen atoms in total. The Morgan fingerprint density at radius 2 is 1.97 bits per heavy atom. The normalized spacial score (nSPS) is 16.9. The number of amides is 1. The van der Waals surface area contributed by atoms with E-state index in [-0.39, 0.29) is 24.4 Å². The molecule has 2 aromatic heterocycles. The Morgan fingerprint density at radius 3 is 2.67 bits per heavy atom. The van der Waals surface area contributed by atoms with Crippen molar-refractivity contribution in [3.8, 4) is 5.75 Å². The molecule has 1 saturated heterocycles. The number of nitrogens with zero attached hydrogens (tertiary/aromatic N) is 3. The van der Waals surface area contributed by atoms with E-state index in [0.717, 1.165) is 18.4 Å². The molecule has 0 spiro atoms. The Bertz CT molecular complexity index is 1130. The summed E-state index contributed by atoms with van der Waals surface area (Å²) in [5.74, 6) is -0.399. The van der Waals surface area contributed by atoms with Crippen LogP contribution in [0.15, 0.2) is 42.6 Å². The van der Waals surface area contributed by atoms with E-state index in [1.165, 1.54) is 24.3 Å². The lowest BCUT2D eigenvalue weighted by atomic mass is 10.1. The summed E-state index contributed by atoms with van der Waals surface area (Å²) in [5.41, 5.74) is 2.61. The fourth-order valence-electron chi connectivity index (χ4n) is 3.95. The highest BCUT2D eigenvalue weighted by molar-refractivity contribution is 6.30. The number of aromatic nitrogens is 2. The second-order valence-corrected chi connectivity index (χ2v) is 8.29. The maximum Gasteiger partial charge on any atom is 0.573 e. The van der Waals surface area contributed by atoms with E-state index in [0.29, 0.717) is 41.6 Å². The first-order valence-corrected chi connectivity index (χ1v) is 11.0. The van der Waals surface area contributed by atoms with Crippen molar-refractivity contribution in [1.82, 2.24) is 14.3 Å². The number of imidazole rings is 1. The van der Waals surface area contributed by atoms with Crippen LogP contribution in [0.2, 0.25) is 5.02 Å². The maximum atomic E-state index is 13.4. The average molecular weight is 482 g/mol. The summed E-state index contributed by atoms with van der Waals surface area (Å²) < 4.78 is 48.5. The van der Waals surface area contributed by atoms with Crippen molar-refractivity contribution in [2.24, 2.45) is 0 Å². The topological polar surface area (TPSA) is 56.1 Å². The average Bonchev–Trinajstić information content (AvgIpc) is 3.15. The molecule has 0 aliphatic carbocycles. The van der Waals surface area contributed by atoms with Gasteiger partial charge in [0.05, 0.1) is 23.4 Å². The smallest absolute Gasteiger partial charge is 0.406 e. The van der Waals surface area contributed by atoms with Crippen molar-refractivity contribution in [1.29, 1.82) is 0 Å². The van der Waals surface area contributed by atoms with Crippen LogP contribution in [0.25, 0.3) is 5.65 Å². The number of piperidine rings is 1. The first kappa shape index (κ1) is 23.4. The zero-order valence-electron chi connectivity index (χ0n) is 17.9. The summed E-state index contributed by atoms with van der Waals surface area (Å²) in [6, 6.07) is 9.09. The van der Waals surface area contributed by atoms with Crippen molar-refractivity contribution in [2.45, 2.75) is 45.3 Å². The third-order valence-electron chi connectivity index (χ3n) is 5.50. The van der Waals surface area contributed by atoms with Gasteiger partial charge in [-0.3, -0.25) is 9.20 Å². The van der Waals surface area contributed by atoms with E-state index in [2.05, 4.69) is 9.72 Å². The minimum Gasteiger partial charge on any atom is -0.406 e. The van der Waals surface area contributed by atoms with Crippen LogP contribution in [-0.4, -0.2) is 45.7 Å². The summed E-state index contributed by atoms with van der Waals surface area (Å²) in [5, 5.41) is 0.517. The number of hydrogen-bond acceptors (Lipinski definition) is 4. The van der Waals surface area contributed by atoms with Gasteiger partial charge in [-0.2, -0.15) is 0 Å². The molecule has 1 atom stereocenters. The van der Waals surface area contributed by atoms with E-state index in [9.17, 15) is 18.0 Å². The molecule has 1 aliphatic rings. The molecule has 1 amide bonds. The second kappa shape index (κ2) is 9.61. The van der Waals surface area contributed by atoms with Gasteiger partial charge in [-0.25, -0.2) is 4.98 Å². The number of halogens is 4. The number of ether oxygens (including phenoxy) is 2. The molecule has 176 valence electrons. The summed E-state index contributed by atoms with van der Waals surface area (Å²) in [6.07, 6.45) is -1.02. The number of likely N-dealkylation sites (tertiary alicyclic amines) is 1. The Balaban J connectivity index is 1.41. The van der Waals surface area contributed by atoms with Gasteiger partial charge in [0.2, 0.25) is 0 Å². The molecule has 3 aromatic rings. The van der Waals surface area contributed by atoms with Gasteiger partial charge in [0.1, 0.15) is 17.1 Å². The highest BCUT2D eigenvalue weighted by atomic mass is 35.5. The minimum absolute atomic E-state index is 0.122. The summed E-state index contributed by atoms with van der Waals surface area (Å²) in [6.45, 7) is 3.21. The van der Waals surface area contributed by atoms with Crippen molar-refractivity contribution >= 4 is 23.2 Å². The lowest BCUT2D eigenvalue weighted by Gasteiger charge is -2.32. The van der Waals surface area contributed by atoms with Crippen LogP contribution in [0.3, 0.4) is 0 Å². The molecule has 3 heterocycles. The van der Waals surface area contributed by atoms with Gasteiger partial charge in [-0.05, 0) is 49.1 Å². The van der Waals surface area contributed by atoms with Crippen LogP contribution in [0.5, 0.6) is 5.75 Å². The van der Waals surface area contributed by atoms with Crippen LogP contribution in [0.1, 0.15) is 41.5 Å². The molecule has 0 N–H and O–H groups in total. The van der Waals surface area contributed by atoms with E-state index in [1.807, 2.05) is 6.92 Å². The van der Waals surface area contributed by atoms with Crippen LogP contribution in [0.4, 0.5) is 13.2 Å². The largest absolute Gasteiger partial charge is 0.573 e. The molecule has 33 heavy (non-hydrogen) atoms. The molecule has 1 aliphatic heterocycles. The van der Waals surface area contributed by atoms with E-state index in [4.69, 9.17) is 16.3 Å². The molecular formula is C23H23ClF3N3O3. The summed E-state index contributed by atoms with van der Waals surface area (Å²) in [7, 11) is 0. The highest BCUT2D eigenvalue weighted by Gasteiger charge is 2.31. The molecule has 0 radical (unpaired) electrons. The van der Waals surface area contributed by atoms with Gasteiger partial charge >= 0.3 is 6.36 Å². The zero-order valence-corrected chi connectivity index (χ0v) is 18.7. The second-order valence-electron chi connectivity index (χ2n) is 7.85. The van der Waals surface area contributed by atoms with Gasteiger partial charge in [0.25, 0.3) is 5.91 Å². The van der Waals surface area contributed by atoms with Crippen molar-refractivity contribution in [2.75, 3.05) is 13.1 Å². The summed E-state index contributed by atoms with van der Waals surface area (Å²) in [4.78, 5) is 19.7. The van der Waals surface area contributed by atoms with Crippen LogP contribution >= 0.6 is 11.6 Å². The Labute approximate surface area is 193 Å². The molecule has 0 saturated carbocycles. The third kappa shape index (κ3) is 5.59. The first-order chi connectivity index (χ1) is 15.7. The molecule has 1 unspecified atom stereocenters. The van der Waals surface area contributed by atoms with E-state index < -0.39 is 6.36 Å². The number of hydrogen-bond donors (Lipinski definition) is 0. The van der Waals surface area contributed by atoms with E-state index >= 15 is 0 Å². The Morgan fingerprint density at radius 1 is 1.21 bits per heavy atom. The first-order valence-electron chi connectivity index (χ1n) is 10.7. The number of rotatable bonds is 6. The quantitative estimate of drug-likeness (QED) is 0.481. The fourth-order valence-corrected chi connectivity index (χ4v) is 4.11. The lowest BCUT2D eigenvalue weighted by Crippen LogP contribution is -2.43. The predicted octanol–water partition coefficient (Wildman–Crippen LogP) is 5.27. The van der Waals surface area contributed by atoms with Gasteiger partial charge < -0.3 is 14.4 Å². The maximum absolute atomic E-state index is 13.4. The number of carbonyl (C=O) groups is 1. The van der Waals surface area contributed by atoms with Crippen LogP contribution < -0.4 is 4.74 Å². The molecule has 10 heteroatoms. The predicted molar refractivity (Wildman–Crippen MR) is 116 cm³/mol. The lowest BCUT2D eigenvalue weighted by molar-refractivity contribution is -0.274. The zero-order chi connectivity index (χ0) is 23.6. The van der Waals surface area contributed by atoms with Gasteiger partial charge in [0, 0.05) is 19.3 Å². The monoisotopic (exact) mass is 481 g/mol. The molecule has 0 bridgehead atoms. The van der Waals surface area contributed by atoms with Crippen molar-refractivity contribution in [3.63, 3.8) is 0 Å². The van der Waals surface area contributed by atoms with Gasteiger partial charge in [0.15, 0.2) is 0 Å². The van der Waals surface area contributed by atoms with Crippen LogP contribution in [-0.2, 0) is 17.8 Å². The Kier molecular flexibility index (Phi) is 6.81. The third-order valence-corrected chi connectivity index (χ3v) is 5.72. The molecule has 4 rings (SSSR count). The molecule has 1 aromatic carbocycles. The van der Waals surface area contributed by atoms with Crippen LogP contribution in [0, 0.1) is 0 Å².